The van der Waals surface area contributed by atoms with Gasteiger partial charge in [-0.2, -0.15) is 13.2 Å². The van der Waals surface area contributed by atoms with Crippen molar-refractivity contribution in [3.05, 3.63) is 100 Å². The van der Waals surface area contributed by atoms with Gasteiger partial charge in [0.05, 0.1) is 20.8 Å². The number of aryl methyl sites for hydroxylation is 2. The van der Waals surface area contributed by atoms with E-state index in [-0.39, 0.29) is 11.9 Å². The Morgan fingerprint density at radius 2 is 1.71 bits per heavy atom. The second-order valence-corrected chi connectivity index (χ2v) is 9.61. The fourth-order valence-corrected chi connectivity index (χ4v) is 4.98. The van der Waals surface area contributed by atoms with E-state index in [0.29, 0.717) is 12.8 Å². The molecule has 35 heavy (non-hydrogen) atoms. The second-order valence-electron chi connectivity index (χ2n) is 8.37. The van der Waals surface area contributed by atoms with Crippen LogP contribution in [0, 0.1) is 6.92 Å². The van der Waals surface area contributed by atoms with Crippen LogP contribution in [0.4, 0.5) is 13.2 Å². The number of hydrogen-bond acceptors (Lipinski definition) is 4. The molecule has 0 unspecified atom stereocenters. The Labute approximate surface area is 206 Å². The minimum absolute atomic E-state index is 0.162. The highest BCUT2D eigenvalue weighted by atomic mass is 32.1. The number of fused-ring (bicyclic) bond motifs is 1. The van der Waals surface area contributed by atoms with Gasteiger partial charge in [-0.1, -0.05) is 48.5 Å². The third kappa shape index (κ3) is 6.07. The maximum atomic E-state index is 12.9. The number of hydrogen-bond donors (Lipinski definition) is 2. The molecule has 0 bridgehead atoms. The van der Waals surface area contributed by atoms with Gasteiger partial charge in [0.15, 0.2) is 0 Å². The molecule has 2 atom stereocenters. The van der Waals surface area contributed by atoms with Crippen molar-refractivity contribution in [2.45, 2.75) is 38.0 Å². The summed E-state index contributed by atoms with van der Waals surface area (Å²) in [5.41, 5.74) is 2.89. The lowest BCUT2D eigenvalue weighted by atomic mass is 9.96. The van der Waals surface area contributed by atoms with E-state index in [1.54, 1.807) is 18.4 Å². The molecule has 0 radical (unpaired) electrons. The average Bonchev–Trinajstić information content (AvgIpc) is 3.23. The number of rotatable bonds is 8. The van der Waals surface area contributed by atoms with Crippen molar-refractivity contribution >= 4 is 27.5 Å². The Hall–Kier alpha value is -3.23. The summed E-state index contributed by atoms with van der Waals surface area (Å²) in [6, 6.07) is 20.0. The maximum absolute atomic E-state index is 12.9. The van der Waals surface area contributed by atoms with Crippen LogP contribution >= 0.6 is 11.3 Å². The van der Waals surface area contributed by atoms with E-state index in [1.807, 2.05) is 49.4 Å². The fraction of sp³-hybridized carbons (Fsp3) is 0.259. The molecule has 0 aliphatic rings. The molecule has 1 aromatic heterocycles. The zero-order valence-electron chi connectivity index (χ0n) is 19.4. The number of carbonyl (C=O) groups is 1. The second kappa shape index (κ2) is 10.6. The molecule has 0 spiro atoms. The van der Waals surface area contributed by atoms with E-state index >= 15 is 0 Å². The number of aromatic nitrogens is 1. The van der Waals surface area contributed by atoms with E-state index in [1.165, 1.54) is 12.1 Å². The van der Waals surface area contributed by atoms with Crippen molar-refractivity contribution in [3.63, 3.8) is 0 Å². The van der Waals surface area contributed by atoms with Crippen molar-refractivity contribution in [3.8, 4) is 0 Å². The van der Waals surface area contributed by atoms with Crippen LogP contribution in [0.1, 0.15) is 45.8 Å². The van der Waals surface area contributed by atoms with E-state index < -0.39 is 17.8 Å². The van der Waals surface area contributed by atoms with Gasteiger partial charge >= 0.3 is 6.18 Å². The molecule has 3 aromatic carbocycles. The van der Waals surface area contributed by atoms with Crippen LogP contribution in [0.15, 0.2) is 72.8 Å². The summed E-state index contributed by atoms with van der Waals surface area (Å²) in [4.78, 5) is 17.3. The van der Waals surface area contributed by atoms with Gasteiger partial charge in [0.1, 0.15) is 6.04 Å². The lowest BCUT2D eigenvalue weighted by Crippen LogP contribution is -2.38. The van der Waals surface area contributed by atoms with Crippen molar-refractivity contribution in [1.29, 1.82) is 0 Å². The number of nitrogens with one attached hydrogen (secondary N) is 2. The molecule has 8 heteroatoms. The van der Waals surface area contributed by atoms with E-state index in [2.05, 4.69) is 21.7 Å². The van der Waals surface area contributed by atoms with E-state index in [9.17, 15) is 18.0 Å². The van der Waals surface area contributed by atoms with Gasteiger partial charge in [-0.05, 0) is 60.7 Å². The summed E-state index contributed by atoms with van der Waals surface area (Å²) in [5, 5.41) is 7.21. The summed E-state index contributed by atoms with van der Waals surface area (Å²) in [6.07, 6.45) is -3.22. The number of amides is 1. The largest absolute Gasteiger partial charge is 0.416 e. The van der Waals surface area contributed by atoms with Crippen LogP contribution in [0.5, 0.6) is 0 Å². The van der Waals surface area contributed by atoms with Crippen LogP contribution < -0.4 is 10.6 Å². The highest BCUT2D eigenvalue weighted by molar-refractivity contribution is 7.18. The van der Waals surface area contributed by atoms with Crippen LogP contribution in [-0.2, 0) is 17.4 Å². The Bertz CT molecular complexity index is 1290. The summed E-state index contributed by atoms with van der Waals surface area (Å²) in [5.74, 6) is -0.162. The Morgan fingerprint density at radius 1 is 1.00 bits per heavy atom. The SMILES string of the molecule is CNC(=O)[C@@H](N[C@H](CCc1ccc(C(F)(F)F)cc1)c1ccc2nc(C)sc2c1)c1ccccc1. The normalized spacial score (nSPS) is 13.5. The van der Waals surface area contributed by atoms with Crippen LogP contribution in [0.2, 0.25) is 0 Å². The molecule has 1 heterocycles. The Balaban J connectivity index is 1.63. The first-order valence-corrected chi connectivity index (χ1v) is 12.1. The molecular weight excluding hydrogens is 471 g/mol. The molecule has 0 fully saturated rings. The quantitative estimate of drug-likeness (QED) is 0.297. The number of nitrogens with zero attached hydrogens (tertiary/aromatic N) is 1. The standard InChI is InChI=1S/C27H26F3N3OS/c1-17-32-23-15-11-20(16-24(23)35-17)22(14-10-18-8-12-21(13-9-18)27(28,29)30)33-25(26(34)31-2)19-6-4-3-5-7-19/h3-9,11-13,15-16,22,25,33H,10,14H2,1-2H3,(H,31,34)/t22-,25+/m1/s1. The van der Waals surface area contributed by atoms with Gasteiger partial charge in [0.2, 0.25) is 5.91 Å². The van der Waals surface area contributed by atoms with Crippen molar-refractivity contribution in [2.24, 2.45) is 0 Å². The Kier molecular flexibility index (Phi) is 7.52. The van der Waals surface area contributed by atoms with Crippen molar-refractivity contribution in [1.82, 2.24) is 15.6 Å². The van der Waals surface area contributed by atoms with Crippen molar-refractivity contribution in [2.75, 3.05) is 7.05 Å². The molecule has 182 valence electrons. The number of likely N-dealkylation sites (N-methyl/N-ethyl adjacent to an activating group) is 1. The van der Waals surface area contributed by atoms with Gasteiger partial charge in [-0.25, -0.2) is 4.98 Å². The molecule has 1 amide bonds. The fourth-order valence-electron chi connectivity index (χ4n) is 4.11. The minimum atomic E-state index is -4.36. The molecule has 0 saturated carbocycles. The molecular formula is C27H26F3N3OS. The lowest BCUT2D eigenvalue weighted by Gasteiger charge is -2.26. The monoisotopic (exact) mass is 497 g/mol. The number of thiazole rings is 1. The van der Waals surface area contributed by atoms with Crippen LogP contribution in [-0.4, -0.2) is 17.9 Å². The van der Waals surface area contributed by atoms with Gasteiger partial charge in [-0.3, -0.25) is 10.1 Å². The van der Waals surface area contributed by atoms with Crippen LogP contribution in [0.3, 0.4) is 0 Å². The first-order valence-electron chi connectivity index (χ1n) is 11.3. The number of carbonyl (C=O) groups excluding carboxylic acids is 1. The zero-order chi connectivity index (χ0) is 25.0. The molecule has 0 aliphatic carbocycles. The molecule has 4 nitrogen and oxygen atoms in total. The number of benzene rings is 3. The minimum Gasteiger partial charge on any atom is -0.358 e. The smallest absolute Gasteiger partial charge is 0.358 e. The number of halogens is 3. The van der Waals surface area contributed by atoms with E-state index in [4.69, 9.17) is 0 Å². The summed E-state index contributed by atoms with van der Waals surface area (Å²) in [6.45, 7) is 1.96. The van der Waals surface area contributed by atoms with Gasteiger partial charge in [-0.15, -0.1) is 11.3 Å². The molecule has 0 saturated heterocycles. The summed E-state index contributed by atoms with van der Waals surface area (Å²) in [7, 11) is 1.60. The Morgan fingerprint density at radius 3 is 2.37 bits per heavy atom. The third-order valence-corrected chi connectivity index (χ3v) is 6.87. The molecule has 4 rings (SSSR count). The van der Waals surface area contributed by atoms with Gasteiger partial charge < -0.3 is 5.32 Å². The predicted octanol–water partition coefficient (Wildman–Crippen LogP) is 6.37. The van der Waals surface area contributed by atoms with Crippen molar-refractivity contribution < 1.29 is 18.0 Å². The topological polar surface area (TPSA) is 54.0 Å². The van der Waals surface area contributed by atoms with Crippen LogP contribution in [0.25, 0.3) is 10.2 Å². The molecule has 4 aromatic rings. The first kappa shape index (κ1) is 24.9. The molecule has 0 aliphatic heterocycles. The third-order valence-electron chi connectivity index (χ3n) is 5.93. The van der Waals surface area contributed by atoms with E-state index in [0.717, 1.165) is 44.0 Å². The first-order chi connectivity index (χ1) is 16.7. The highest BCUT2D eigenvalue weighted by Crippen LogP contribution is 2.31. The highest BCUT2D eigenvalue weighted by Gasteiger charge is 2.30. The van der Waals surface area contributed by atoms with Gasteiger partial charge in [0.25, 0.3) is 0 Å². The summed E-state index contributed by atoms with van der Waals surface area (Å²) >= 11 is 1.60. The maximum Gasteiger partial charge on any atom is 0.416 e. The zero-order valence-corrected chi connectivity index (χ0v) is 20.2. The average molecular weight is 498 g/mol. The molecule has 2 N–H and O–H groups in total. The summed E-state index contributed by atoms with van der Waals surface area (Å²) < 4.78 is 39.9. The number of alkyl halides is 3. The predicted molar refractivity (Wildman–Crippen MR) is 133 cm³/mol. The van der Waals surface area contributed by atoms with Gasteiger partial charge in [0, 0.05) is 13.1 Å². The lowest BCUT2D eigenvalue weighted by molar-refractivity contribution is -0.137.